The van der Waals surface area contributed by atoms with Crippen LogP contribution in [0.3, 0.4) is 0 Å². The highest BCUT2D eigenvalue weighted by Gasteiger charge is 2.04. The van der Waals surface area contributed by atoms with E-state index in [-0.39, 0.29) is 18.4 Å². The molecule has 0 aliphatic heterocycles. The smallest absolute Gasteiger partial charge is 0.246 e. The number of hydrogen-bond donors (Lipinski definition) is 2. The Balaban J connectivity index is 1.95. The van der Waals surface area contributed by atoms with Gasteiger partial charge in [-0.05, 0) is 19.1 Å². The molecule has 0 unspecified atom stereocenters. The molecule has 0 saturated carbocycles. The van der Waals surface area contributed by atoms with Crippen molar-refractivity contribution in [2.45, 2.75) is 13.5 Å². The molecule has 0 spiro atoms. The van der Waals surface area contributed by atoms with Gasteiger partial charge in [-0.3, -0.25) is 4.79 Å². The number of carbonyl (C=O) groups is 1. The summed E-state index contributed by atoms with van der Waals surface area (Å²) in [7, 11) is 0. The maximum atomic E-state index is 11.6. The molecule has 1 aromatic heterocycles. The summed E-state index contributed by atoms with van der Waals surface area (Å²) in [4.78, 5) is 15.4. The number of nitrogens with one attached hydrogen (secondary N) is 1. The Hall–Kier alpha value is -2.37. The molecule has 0 radical (unpaired) electrons. The highest BCUT2D eigenvalue weighted by Crippen LogP contribution is 2.08. The van der Waals surface area contributed by atoms with E-state index in [0.717, 1.165) is 11.3 Å². The third kappa shape index (κ3) is 3.04. The van der Waals surface area contributed by atoms with Crippen LogP contribution in [0.15, 0.2) is 30.6 Å². The molecular formula is C11H13N5O. The Bertz CT molecular complexity index is 517. The molecule has 88 valence electrons. The van der Waals surface area contributed by atoms with Gasteiger partial charge in [0.2, 0.25) is 11.9 Å². The minimum absolute atomic E-state index is 0.0953. The number of nitrogens with zero attached hydrogens (tertiary/aromatic N) is 3. The monoisotopic (exact) mass is 231 g/mol. The zero-order chi connectivity index (χ0) is 12.3. The number of aryl methyl sites for hydroxylation is 1. The van der Waals surface area contributed by atoms with Crippen LogP contribution >= 0.6 is 0 Å². The number of hydrogen-bond acceptors (Lipinski definition) is 4. The summed E-state index contributed by atoms with van der Waals surface area (Å²) in [5.74, 6) is -0.00751. The molecule has 0 aliphatic rings. The predicted octanol–water partition coefficient (Wildman–Crippen LogP) is 0.807. The number of anilines is 2. The molecule has 2 rings (SSSR count). The summed E-state index contributed by atoms with van der Waals surface area (Å²) in [6.45, 7) is 2.09. The quantitative estimate of drug-likeness (QED) is 0.818. The maximum absolute atomic E-state index is 11.6. The lowest BCUT2D eigenvalue weighted by Gasteiger charge is -2.05. The largest absolute Gasteiger partial charge is 0.367 e. The molecule has 1 amide bonds. The SMILES string of the molecule is Cc1ccc(NC(=O)Cn2cnc(N)n2)cc1. The second-order valence-electron chi connectivity index (χ2n) is 3.71. The van der Waals surface area contributed by atoms with Gasteiger partial charge >= 0.3 is 0 Å². The van der Waals surface area contributed by atoms with Gasteiger partial charge < -0.3 is 11.1 Å². The second-order valence-corrected chi connectivity index (χ2v) is 3.71. The molecule has 3 N–H and O–H groups in total. The lowest BCUT2D eigenvalue weighted by Crippen LogP contribution is -2.19. The number of carbonyl (C=O) groups excluding carboxylic acids is 1. The van der Waals surface area contributed by atoms with Crippen LogP contribution in [-0.4, -0.2) is 20.7 Å². The molecule has 1 aromatic carbocycles. The number of nitrogen functional groups attached to an aromatic ring is 1. The number of rotatable bonds is 3. The Morgan fingerprint density at radius 2 is 2.12 bits per heavy atom. The van der Waals surface area contributed by atoms with Gasteiger partial charge in [0.05, 0.1) is 0 Å². The van der Waals surface area contributed by atoms with Gasteiger partial charge in [-0.15, -0.1) is 5.10 Å². The van der Waals surface area contributed by atoms with Gasteiger partial charge in [0, 0.05) is 5.69 Å². The summed E-state index contributed by atoms with van der Waals surface area (Å²) < 4.78 is 1.39. The first kappa shape index (κ1) is 11.1. The molecule has 6 nitrogen and oxygen atoms in total. The molecular weight excluding hydrogens is 218 g/mol. The van der Waals surface area contributed by atoms with E-state index in [1.165, 1.54) is 11.0 Å². The van der Waals surface area contributed by atoms with Gasteiger partial charge in [-0.1, -0.05) is 17.7 Å². The summed E-state index contributed by atoms with van der Waals surface area (Å²) in [6.07, 6.45) is 1.42. The van der Waals surface area contributed by atoms with Crippen LogP contribution in [0.4, 0.5) is 11.6 Å². The van der Waals surface area contributed by atoms with E-state index < -0.39 is 0 Å². The van der Waals surface area contributed by atoms with E-state index >= 15 is 0 Å². The molecule has 0 bridgehead atoms. The highest BCUT2D eigenvalue weighted by atomic mass is 16.2. The molecule has 0 saturated heterocycles. The summed E-state index contributed by atoms with van der Waals surface area (Å²) in [5, 5.41) is 6.59. The number of aromatic nitrogens is 3. The highest BCUT2D eigenvalue weighted by molar-refractivity contribution is 5.90. The average molecular weight is 231 g/mol. The first-order valence-electron chi connectivity index (χ1n) is 5.15. The van der Waals surface area contributed by atoms with E-state index in [0.29, 0.717) is 0 Å². The van der Waals surface area contributed by atoms with Crippen molar-refractivity contribution in [2.24, 2.45) is 0 Å². The van der Waals surface area contributed by atoms with E-state index in [1.807, 2.05) is 31.2 Å². The van der Waals surface area contributed by atoms with Gasteiger partial charge in [0.15, 0.2) is 0 Å². The third-order valence-electron chi connectivity index (χ3n) is 2.20. The zero-order valence-corrected chi connectivity index (χ0v) is 9.42. The molecule has 0 atom stereocenters. The first-order chi connectivity index (χ1) is 8.13. The van der Waals surface area contributed by atoms with Crippen LogP contribution in [0.5, 0.6) is 0 Å². The molecule has 1 heterocycles. The minimum Gasteiger partial charge on any atom is -0.367 e. The fraction of sp³-hybridized carbons (Fsp3) is 0.182. The van der Waals surface area contributed by atoms with Gasteiger partial charge in [-0.25, -0.2) is 9.67 Å². The number of amides is 1. The number of nitrogens with two attached hydrogens (primary N) is 1. The van der Waals surface area contributed by atoms with Gasteiger partial charge in [-0.2, -0.15) is 0 Å². The van der Waals surface area contributed by atoms with Gasteiger partial charge in [0.25, 0.3) is 0 Å². The topological polar surface area (TPSA) is 85.8 Å². The van der Waals surface area contributed by atoms with Crippen LogP contribution in [0.2, 0.25) is 0 Å². The molecule has 0 aliphatic carbocycles. The van der Waals surface area contributed by atoms with E-state index in [4.69, 9.17) is 5.73 Å². The molecule has 17 heavy (non-hydrogen) atoms. The Morgan fingerprint density at radius 1 is 1.41 bits per heavy atom. The Labute approximate surface area is 98.5 Å². The summed E-state index contributed by atoms with van der Waals surface area (Å²) >= 11 is 0. The Morgan fingerprint density at radius 3 is 2.71 bits per heavy atom. The van der Waals surface area contributed by atoms with Crippen LogP contribution in [-0.2, 0) is 11.3 Å². The van der Waals surface area contributed by atoms with Crippen molar-refractivity contribution in [3.05, 3.63) is 36.2 Å². The van der Waals surface area contributed by atoms with Crippen LogP contribution in [0, 0.1) is 6.92 Å². The van der Waals surface area contributed by atoms with Crippen LogP contribution in [0.25, 0.3) is 0 Å². The van der Waals surface area contributed by atoms with Crippen molar-refractivity contribution in [3.63, 3.8) is 0 Å². The molecule has 2 aromatic rings. The summed E-state index contributed by atoms with van der Waals surface area (Å²) in [5.41, 5.74) is 7.25. The fourth-order valence-electron chi connectivity index (χ4n) is 1.37. The van der Waals surface area contributed by atoms with Crippen molar-refractivity contribution in [2.75, 3.05) is 11.1 Å². The van der Waals surface area contributed by atoms with Crippen molar-refractivity contribution in [1.29, 1.82) is 0 Å². The molecule has 0 fully saturated rings. The number of benzene rings is 1. The van der Waals surface area contributed by atoms with E-state index in [2.05, 4.69) is 15.4 Å². The maximum Gasteiger partial charge on any atom is 0.246 e. The lowest BCUT2D eigenvalue weighted by molar-refractivity contribution is -0.116. The van der Waals surface area contributed by atoms with Crippen molar-refractivity contribution in [3.8, 4) is 0 Å². The lowest BCUT2D eigenvalue weighted by atomic mass is 10.2. The standard InChI is InChI=1S/C11H13N5O/c1-8-2-4-9(5-3-8)14-10(17)6-16-7-13-11(12)15-16/h2-5,7H,6H2,1H3,(H2,12,15)(H,14,17). The second kappa shape index (κ2) is 4.65. The molecule has 6 heteroatoms. The predicted molar refractivity (Wildman–Crippen MR) is 64.2 cm³/mol. The first-order valence-corrected chi connectivity index (χ1v) is 5.15. The third-order valence-corrected chi connectivity index (χ3v) is 2.20. The summed E-state index contributed by atoms with van der Waals surface area (Å²) in [6, 6.07) is 7.57. The van der Waals surface area contributed by atoms with Crippen molar-refractivity contribution < 1.29 is 4.79 Å². The fourth-order valence-corrected chi connectivity index (χ4v) is 1.37. The van der Waals surface area contributed by atoms with Gasteiger partial charge in [0.1, 0.15) is 12.9 Å². The average Bonchev–Trinajstić information content (AvgIpc) is 2.67. The zero-order valence-electron chi connectivity index (χ0n) is 9.42. The van der Waals surface area contributed by atoms with Crippen LogP contribution in [0.1, 0.15) is 5.56 Å². The van der Waals surface area contributed by atoms with Crippen molar-refractivity contribution >= 4 is 17.5 Å². The Kier molecular flexibility index (Phi) is 3.04. The normalized spacial score (nSPS) is 10.2. The van der Waals surface area contributed by atoms with E-state index in [9.17, 15) is 4.79 Å². The minimum atomic E-state index is -0.168. The van der Waals surface area contributed by atoms with Crippen molar-refractivity contribution in [1.82, 2.24) is 14.8 Å². The van der Waals surface area contributed by atoms with Crippen LogP contribution < -0.4 is 11.1 Å². The van der Waals surface area contributed by atoms with E-state index in [1.54, 1.807) is 0 Å².